The minimum atomic E-state index is -0.296. The third-order valence-corrected chi connectivity index (χ3v) is 4.83. The van der Waals surface area contributed by atoms with E-state index < -0.39 is 0 Å². The smallest absolute Gasteiger partial charge is 0.326 e. The van der Waals surface area contributed by atoms with Crippen molar-refractivity contribution in [1.82, 2.24) is 9.55 Å². The zero-order valence-corrected chi connectivity index (χ0v) is 16.2. The summed E-state index contributed by atoms with van der Waals surface area (Å²) in [6.45, 7) is 2.80. The zero-order valence-electron chi connectivity index (χ0n) is 16.2. The van der Waals surface area contributed by atoms with Gasteiger partial charge in [-0.3, -0.25) is 4.57 Å². The number of aromatic nitrogens is 2. The van der Waals surface area contributed by atoms with Crippen LogP contribution in [-0.2, 0) is 6.54 Å². The summed E-state index contributed by atoms with van der Waals surface area (Å²) in [4.78, 5) is 15.4. The Morgan fingerprint density at radius 2 is 1.86 bits per heavy atom. The molecule has 0 fully saturated rings. The molecule has 1 heterocycles. The van der Waals surface area contributed by atoms with Crippen LogP contribution >= 0.6 is 0 Å². The highest BCUT2D eigenvalue weighted by Crippen LogP contribution is 2.29. The van der Waals surface area contributed by atoms with Gasteiger partial charge in [-0.25, -0.2) is 9.18 Å². The van der Waals surface area contributed by atoms with E-state index in [2.05, 4.69) is 4.98 Å². The number of hydrogen-bond acceptors (Lipinski definition) is 3. The summed E-state index contributed by atoms with van der Waals surface area (Å²) in [7, 11) is 1.59. The highest BCUT2D eigenvalue weighted by molar-refractivity contribution is 5.82. The molecule has 0 aliphatic heterocycles. The molecule has 0 radical (unpaired) electrons. The van der Waals surface area contributed by atoms with Crippen LogP contribution in [0.3, 0.4) is 0 Å². The van der Waals surface area contributed by atoms with E-state index in [0.29, 0.717) is 41.3 Å². The van der Waals surface area contributed by atoms with Gasteiger partial charge < -0.3 is 14.5 Å². The molecule has 29 heavy (non-hydrogen) atoms. The summed E-state index contributed by atoms with van der Waals surface area (Å²) < 4.78 is 26.7. The zero-order chi connectivity index (χ0) is 20.4. The maximum absolute atomic E-state index is 14.1. The number of aromatic amines is 1. The standard InChI is InChI=1S/C23H21FN2O3/c1-3-29-22-12-15(8-11-21(22)28-2)14-26-20-10-9-16(13-19(20)25-23(26)27)17-6-4-5-7-18(17)24/h4-13H,3,14H2,1-2H3,(H,25,27). The molecule has 0 amide bonds. The molecule has 148 valence electrons. The van der Waals surface area contributed by atoms with E-state index >= 15 is 0 Å². The molecule has 0 atom stereocenters. The van der Waals surface area contributed by atoms with Gasteiger partial charge in [0.1, 0.15) is 5.82 Å². The SMILES string of the molecule is CCOc1cc(Cn2c(=O)[nH]c3cc(-c4ccccc4F)ccc32)ccc1OC. The first-order valence-corrected chi connectivity index (χ1v) is 9.38. The van der Waals surface area contributed by atoms with Gasteiger partial charge in [-0.15, -0.1) is 0 Å². The minimum Gasteiger partial charge on any atom is -0.493 e. The van der Waals surface area contributed by atoms with Gasteiger partial charge in [-0.2, -0.15) is 0 Å². The van der Waals surface area contributed by atoms with Crippen LogP contribution in [0.2, 0.25) is 0 Å². The quantitative estimate of drug-likeness (QED) is 0.522. The van der Waals surface area contributed by atoms with Crippen LogP contribution in [0.15, 0.2) is 65.5 Å². The molecule has 5 nitrogen and oxygen atoms in total. The first-order chi connectivity index (χ1) is 14.1. The summed E-state index contributed by atoms with van der Waals surface area (Å²) >= 11 is 0. The van der Waals surface area contributed by atoms with Gasteiger partial charge in [-0.1, -0.05) is 30.3 Å². The van der Waals surface area contributed by atoms with Crippen LogP contribution < -0.4 is 15.2 Å². The molecule has 0 saturated carbocycles. The Labute approximate surface area is 167 Å². The summed E-state index contributed by atoms with van der Waals surface area (Å²) in [5.74, 6) is 0.994. The highest BCUT2D eigenvalue weighted by atomic mass is 19.1. The van der Waals surface area contributed by atoms with Crippen molar-refractivity contribution in [3.05, 3.63) is 82.5 Å². The Morgan fingerprint density at radius 1 is 1.03 bits per heavy atom. The van der Waals surface area contributed by atoms with E-state index in [-0.39, 0.29) is 11.5 Å². The molecule has 0 aliphatic rings. The molecule has 0 spiro atoms. The Morgan fingerprint density at radius 3 is 2.62 bits per heavy atom. The lowest BCUT2D eigenvalue weighted by atomic mass is 10.0. The molecule has 0 aliphatic carbocycles. The van der Waals surface area contributed by atoms with Crippen molar-refractivity contribution in [2.24, 2.45) is 0 Å². The van der Waals surface area contributed by atoms with E-state index in [4.69, 9.17) is 9.47 Å². The second kappa shape index (κ2) is 7.83. The van der Waals surface area contributed by atoms with Crippen molar-refractivity contribution >= 4 is 11.0 Å². The van der Waals surface area contributed by atoms with Crippen molar-refractivity contribution in [2.45, 2.75) is 13.5 Å². The number of nitrogens with one attached hydrogen (secondary N) is 1. The summed E-state index contributed by atoms with van der Waals surface area (Å²) in [6.07, 6.45) is 0. The summed E-state index contributed by atoms with van der Waals surface area (Å²) in [6, 6.07) is 17.7. The molecule has 0 unspecified atom stereocenters. The largest absolute Gasteiger partial charge is 0.493 e. The summed E-state index contributed by atoms with van der Waals surface area (Å²) in [5.41, 5.74) is 3.32. The highest BCUT2D eigenvalue weighted by Gasteiger charge is 2.12. The third-order valence-electron chi connectivity index (χ3n) is 4.83. The molecule has 1 N–H and O–H groups in total. The second-order valence-corrected chi connectivity index (χ2v) is 6.65. The van der Waals surface area contributed by atoms with Crippen LogP contribution in [-0.4, -0.2) is 23.3 Å². The predicted octanol–water partition coefficient (Wildman–Crippen LogP) is 4.59. The Kier molecular flexibility index (Phi) is 5.08. The van der Waals surface area contributed by atoms with Crippen LogP contribution in [0.4, 0.5) is 4.39 Å². The normalized spacial score (nSPS) is 11.0. The Hall–Kier alpha value is -3.54. The number of halogens is 1. The number of imidazole rings is 1. The van der Waals surface area contributed by atoms with Crippen LogP contribution in [0.25, 0.3) is 22.2 Å². The van der Waals surface area contributed by atoms with Gasteiger partial charge in [0.2, 0.25) is 0 Å². The van der Waals surface area contributed by atoms with Crippen molar-refractivity contribution in [3.63, 3.8) is 0 Å². The minimum absolute atomic E-state index is 0.223. The van der Waals surface area contributed by atoms with Crippen molar-refractivity contribution < 1.29 is 13.9 Å². The molecule has 0 bridgehead atoms. The lowest BCUT2D eigenvalue weighted by molar-refractivity contribution is 0.310. The number of fused-ring (bicyclic) bond motifs is 1. The monoisotopic (exact) mass is 392 g/mol. The average Bonchev–Trinajstić information content (AvgIpc) is 3.03. The van der Waals surface area contributed by atoms with E-state index in [1.807, 2.05) is 37.3 Å². The van der Waals surface area contributed by atoms with Crippen LogP contribution in [0.5, 0.6) is 11.5 Å². The maximum atomic E-state index is 14.1. The Bertz CT molecular complexity index is 1230. The van der Waals surface area contributed by atoms with Crippen molar-refractivity contribution in [2.75, 3.05) is 13.7 Å². The maximum Gasteiger partial charge on any atom is 0.326 e. The first-order valence-electron chi connectivity index (χ1n) is 9.38. The fraction of sp³-hybridized carbons (Fsp3) is 0.174. The van der Waals surface area contributed by atoms with Crippen LogP contribution in [0, 0.1) is 5.82 Å². The fourth-order valence-electron chi connectivity index (χ4n) is 3.45. The fourth-order valence-corrected chi connectivity index (χ4v) is 3.45. The molecule has 4 aromatic rings. The number of benzene rings is 3. The van der Waals surface area contributed by atoms with Gasteiger partial charge >= 0.3 is 5.69 Å². The van der Waals surface area contributed by atoms with Gasteiger partial charge in [-0.05, 0) is 48.4 Å². The molecule has 3 aromatic carbocycles. The number of hydrogen-bond donors (Lipinski definition) is 1. The van der Waals surface area contributed by atoms with Gasteiger partial charge in [0.25, 0.3) is 0 Å². The molecule has 0 saturated heterocycles. The number of methoxy groups -OCH3 is 1. The van der Waals surface area contributed by atoms with E-state index in [1.54, 1.807) is 35.9 Å². The number of nitrogens with zero attached hydrogens (tertiary/aromatic N) is 1. The predicted molar refractivity (Wildman–Crippen MR) is 111 cm³/mol. The van der Waals surface area contributed by atoms with Gasteiger partial charge in [0.15, 0.2) is 11.5 Å². The third kappa shape index (κ3) is 3.61. The average molecular weight is 392 g/mol. The second-order valence-electron chi connectivity index (χ2n) is 6.65. The van der Waals surface area contributed by atoms with E-state index in [9.17, 15) is 9.18 Å². The lowest BCUT2D eigenvalue weighted by Crippen LogP contribution is -2.17. The molecular weight excluding hydrogens is 371 g/mol. The molecule has 1 aromatic heterocycles. The lowest BCUT2D eigenvalue weighted by Gasteiger charge is -2.11. The molecule has 4 rings (SSSR count). The van der Waals surface area contributed by atoms with E-state index in [0.717, 1.165) is 11.1 Å². The summed E-state index contributed by atoms with van der Waals surface area (Å²) in [5, 5.41) is 0. The van der Waals surface area contributed by atoms with Crippen molar-refractivity contribution in [1.29, 1.82) is 0 Å². The number of H-pyrrole nitrogens is 1. The Balaban J connectivity index is 1.72. The first kappa shape index (κ1) is 18.8. The molecular formula is C23H21FN2O3. The molecule has 6 heteroatoms. The van der Waals surface area contributed by atoms with Crippen LogP contribution in [0.1, 0.15) is 12.5 Å². The van der Waals surface area contributed by atoms with Crippen molar-refractivity contribution in [3.8, 4) is 22.6 Å². The van der Waals surface area contributed by atoms with Gasteiger partial charge in [0.05, 0.1) is 31.3 Å². The number of ether oxygens (including phenoxy) is 2. The van der Waals surface area contributed by atoms with E-state index in [1.165, 1.54) is 6.07 Å². The number of rotatable bonds is 6. The van der Waals surface area contributed by atoms with Gasteiger partial charge in [0, 0.05) is 5.56 Å². The topological polar surface area (TPSA) is 56.2 Å².